The van der Waals surface area contributed by atoms with E-state index in [1.54, 1.807) is 36.3 Å². The maximum Gasteiger partial charge on any atom is 0.323 e. The molecule has 1 fully saturated rings. The number of nitrogens with one attached hydrogen (secondary N) is 1. The van der Waals surface area contributed by atoms with Gasteiger partial charge < -0.3 is 15.0 Å². The predicted octanol–water partition coefficient (Wildman–Crippen LogP) is 1.97. The van der Waals surface area contributed by atoms with Crippen LogP contribution >= 0.6 is 0 Å². The normalized spacial score (nSPS) is 22.6. The van der Waals surface area contributed by atoms with Gasteiger partial charge in [-0.15, -0.1) is 0 Å². The van der Waals surface area contributed by atoms with Gasteiger partial charge in [-0.25, -0.2) is 4.79 Å². The highest BCUT2D eigenvalue weighted by Gasteiger charge is 2.51. The summed E-state index contributed by atoms with van der Waals surface area (Å²) in [6, 6.07) is 11.8. The van der Waals surface area contributed by atoms with Crippen LogP contribution in [0, 0.1) is 0 Å². The first-order valence-corrected chi connectivity index (χ1v) is 9.87. The minimum atomic E-state index is -0.505. The first-order valence-electron chi connectivity index (χ1n) is 9.87. The smallest absolute Gasteiger partial charge is 0.323 e. The van der Waals surface area contributed by atoms with Crippen LogP contribution in [0.5, 0.6) is 0 Å². The van der Waals surface area contributed by atoms with E-state index in [0.29, 0.717) is 26.1 Å². The molecule has 0 bridgehead atoms. The minimum Gasteiger partial charge on any atom is -0.367 e. The molecule has 1 saturated heterocycles. The van der Waals surface area contributed by atoms with E-state index >= 15 is 0 Å². The lowest BCUT2D eigenvalue weighted by Gasteiger charge is -2.25. The summed E-state index contributed by atoms with van der Waals surface area (Å²) >= 11 is 0. The zero-order valence-electron chi connectivity index (χ0n) is 16.8. The summed E-state index contributed by atoms with van der Waals surface area (Å²) in [6.45, 7) is 1.52. The molecule has 3 heterocycles. The summed E-state index contributed by atoms with van der Waals surface area (Å²) in [5.41, 5.74) is 2.79. The van der Waals surface area contributed by atoms with Crippen LogP contribution in [0.1, 0.15) is 17.5 Å². The number of aromatic nitrogens is 1. The van der Waals surface area contributed by atoms with Gasteiger partial charge >= 0.3 is 6.03 Å². The molecular weight excluding hydrogens is 368 g/mol. The topological polar surface area (TPSA) is 74.8 Å². The summed E-state index contributed by atoms with van der Waals surface area (Å²) in [5, 5.41) is 2.98. The van der Waals surface area contributed by atoms with Crippen LogP contribution in [-0.4, -0.2) is 61.7 Å². The average molecular weight is 394 g/mol. The Morgan fingerprint density at radius 1 is 1.24 bits per heavy atom. The van der Waals surface area contributed by atoms with E-state index in [4.69, 9.17) is 4.74 Å². The molecule has 1 spiro atoms. The fourth-order valence-corrected chi connectivity index (χ4v) is 4.24. The number of carbonyl (C=O) groups is 2. The molecule has 0 unspecified atom stereocenters. The van der Waals surface area contributed by atoms with Gasteiger partial charge in [-0.05, 0) is 42.2 Å². The molecule has 7 nitrogen and oxygen atoms in total. The maximum absolute atomic E-state index is 12.7. The number of rotatable bonds is 4. The monoisotopic (exact) mass is 394 g/mol. The predicted molar refractivity (Wildman–Crippen MR) is 110 cm³/mol. The highest BCUT2D eigenvalue weighted by Crippen LogP contribution is 2.47. The van der Waals surface area contributed by atoms with Gasteiger partial charge in [0.2, 0.25) is 5.91 Å². The number of anilines is 1. The molecule has 2 aliphatic rings. The quantitative estimate of drug-likeness (QED) is 0.860. The molecule has 1 aromatic carbocycles. The van der Waals surface area contributed by atoms with E-state index in [9.17, 15) is 9.59 Å². The lowest BCUT2D eigenvalue weighted by molar-refractivity contribution is -0.129. The second-order valence-corrected chi connectivity index (χ2v) is 7.96. The standard InChI is InChI=1S/C22H26N4O3/c1-25(2)21(28)26-14-22(17-5-3-4-6-18(17)26)13-19(29-15-22)20(27)24-12-9-16-7-10-23-11-8-16/h3-8,10-11,19H,9,12-15H2,1-2H3,(H,24,27)/t19-,22-/m0/s1. The highest BCUT2D eigenvalue weighted by molar-refractivity contribution is 5.95. The minimum absolute atomic E-state index is 0.0559. The number of nitrogens with zero attached hydrogens (tertiary/aromatic N) is 3. The zero-order valence-corrected chi connectivity index (χ0v) is 16.8. The molecule has 152 valence electrons. The lowest BCUT2D eigenvalue weighted by Crippen LogP contribution is -2.43. The first-order chi connectivity index (χ1) is 14.0. The molecular formula is C22H26N4O3. The molecule has 2 aliphatic heterocycles. The van der Waals surface area contributed by atoms with Crippen LogP contribution in [0.4, 0.5) is 10.5 Å². The van der Waals surface area contributed by atoms with Crippen molar-refractivity contribution >= 4 is 17.6 Å². The van der Waals surface area contributed by atoms with Gasteiger partial charge in [-0.1, -0.05) is 18.2 Å². The fourth-order valence-electron chi connectivity index (χ4n) is 4.24. The summed E-state index contributed by atoms with van der Waals surface area (Å²) in [4.78, 5) is 32.7. The van der Waals surface area contributed by atoms with Crippen molar-refractivity contribution in [2.45, 2.75) is 24.4 Å². The number of amides is 3. The second-order valence-electron chi connectivity index (χ2n) is 7.96. The summed E-state index contributed by atoms with van der Waals surface area (Å²) in [5.74, 6) is -0.0919. The van der Waals surface area contributed by atoms with Crippen LogP contribution in [0.15, 0.2) is 48.8 Å². The molecule has 0 radical (unpaired) electrons. The number of carbonyl (C=O) groups excluding carboxylic acids is 2. The van der Waals surface area contributed by atoms with Gasteiger partial charge in [0, 0.05) is 50.7 Å². The molecule has 29 heavy (non-hydrogen) atoms. The van der Waals surface area contributed by atoms with Crippen molar-refractivity contribution in [1.82, 2.24) is 15.2 Å². The van der Waals surface area contributed by atoms with E-state index in [1.807, 2.05) is 36.4 Å². The van der Waals surface area contributed by atoms with Crippen LogP contribution < -0.4 is 10.2 Å². The molecule has 4 rings (SSSR count). The summed E-state index contributed by atoms with van der Waals surface area (Å²) in [7, 11) is 3.50. The van der Waals surface area contributed by atoms with Gasteiger partial charge in [0.25, 0.3) is 0 Å². The Morgan fingerprint density at radius 2 is 2.00 bits per heavy atom. The van der Waals surface area contributed by atoms with E-state index in [0.717, 1.165) is 23.2 Å². The molecule has 2 aromatic rings. The number of urea groups is 1. The maximum atomic E-state index is 12.7. The third kappa shape index (κ3) is 3.70. The fraction of sp³-hybridized carbons (Fsp3) is 0.409. The van der Waals surface area contributed by atoms with E-state index in [2.05, 4.69) is 10.3 Å². The Hall–Kier alpha value is -2.93. The van der Waals surface area contributed by atoms with Gasteiger partial charge in [-0.3, -0.25) is 14.7 Å². The number of para-hydroxylation sites is 1. The molecule has 1 N–H and O–H groups in total. The Morgan fingerprint density at radius 3 is 2.76 bits per heavy atom. The average Bonchev–Trinajstić information content (AvgIpc) is 3.31. The molecule has 1 aromatic heterocycles. The number of fused-ring (bicyclic) bond motifs is 2. The van der Waals surface area contributed by atoms with Crippen molar-refractivity contribution < 1.29 is 14.3 Å². The van der Waals surface area contributed by atoms with Crippen molar-refractivity contribution in [3.8, 4) is 0 Å². The van der Waals surface area contributed by atoms with Crippen LogP contribution in [0.2, 0.25) is 0 Å². The van der Waals surface area contributed by atoms with Crippen molar-refractivity contribution in [3.63, 3.8) is 0 Å². The molecule has 0 saturated carbocycles. The van der Waals surface area contributed by atoms with Crippen molar-refractivity contribution in [2.75, 3.05) is 38.7 Å². The lowest BCUT2D eigenvalue weighted by atomic mass is 9.80. The second kappa shape index (κ2) is 7.83. The number of benzene rings is 1. The van der Waals surface area contributed by atoms with Crippen molar-refractivity contribution in [1.29, 1.82) is 0 Å². The largest absolute Gasteiger partial charge is 0.367 e. The van der Waals surface area contributed by atoms with Gasteiger partial charge in [-0.2, -0.15) is 0 Å². The van der Waals surface area contributed by atoms with Crippen molar-refractivity contribution in [2.24, 2.45) is 0 Å². The number of hydrogen-bond donors (Lipinski definition) is 1. The highest BCUT2D eigenvalue weighted by atomic mass is 16.5. The third-order valence-electron chi connectivity index (χ3n) is 5.73. The van der Waals surface area contributed by atoms with Crippen molar-refractivity contribution in [3.05, 3.63) is 59.9 Å². The van der Waals surface area contributed by atoms with E-state index in [1.165, 1.54) is 0 Å². The Bertz CT molecular complexity index is 902. The van der Waals surface area contributed by atoms with E-state index < -0.39 is 6.10 Å². The Labute approximate surface area is 170 Å². The number of hydrogen-bond acceptors (Lipinski definition) is 4. The summed E-state index contributed by atoms with van der Waals surface area (Å²) < 4.78 is 5.93. The van der Waals surface area contributed by atoms with Gasteiger partial charge in [0.05, 0.1) is 6.61 Å². The molecule has 7 heteroatoms. The van der Waals surface area contributed by atoms with Crippen LogP contribution in [-0.2, 0) is 21.4 Å². The summed E-state index contributed by atoms with van der Waals surface area (Å²) in [6.07, 6.45) is 4.32. The molecule has 3 amide bonds. The Kier molecular flexibility index (Phi) is 5.24. The number of ether oxygens (including phenoxy) is 1. The molecule has 0 aliphatic carbocycles. The first kappa shape index (κ1) is 19.4. The SMILES string of the molecule is CN(C)C(=O)N1C[C@@]2(CO[C@H](C(=O)NCCc3ccncc3)C2)c2ccccc21. The number of pyridine rings is 1. The van der Waals surface area contributed by atoms with Crippen LogP contribution in [0.3, 0.4) is 0 Å². The zero-order chi connectivity index (χ0) is 20.4. The van der Waals surface area contributed by atoms with E-state index in [-0.39, 0.29) is 17.4 Å². The van der Waals surface area contributed by atoms with Crippen LogP contribution in [0.25, 0.3) is 0 Å². The Balaban J connectivity index is 1.43. The van der Waals surface area contributed by atoms with Gasteiger partial charge in [0.15, 0.2) is 0 Å². The molecule has 2 atom stereocenters. The van der Waals surface area contributed by atoms with Gasteiger partial charge in [0.1, 0.15) is 6.10 Å². The third-order valence-corrected chi connectivity index (χ3v) is 5.73.